The molecule has 6 heteroatoms. The molecule has 0 saturated carbocycles. The lowest BCUT2D eigenvalue weighted by Gasteiger charge is -2.28. The zero-order valence-electron chi connectivity index (χ0n) is 7.97. The maximum Gasteiger partial charge on any atom is 0.293 e. The van der Waals surface area contributed by atoms with Crippen molar-refractivity contribution < 1.29 is 9.47 Å². The van der Waals surface area contributed by atoms with Gasteiger partial charge >= 0.3 is 0 Å². The van der Waals surface area contributed by atoms with Crippen molar-refractivity contribution in [1.29, 1.82) is 0 Å². The van der Waals surface area contributed by atoms with Crippen LogP contribution in [0.5, 0.6) is 5.19 Å². The van der Waals surface area contributed by atoms with Gasteiger partial charge in [-0.2, -0.15) is 9.36 Å². The minimum absolute atomic E-state index is 0.114. The SMILES string of the molecule is CC1CNCC(COc2ncns2)O1. The van der Waals surface area contributed by atoms with Crippen LogP contribution in [-0.4, -0.2) is 41.3 Å². The summed E-state index contributed by atoms with van der Waals surface area (Å²) in [5.74, 6) is 0. The van der Waals surface area contributed by atoms with Crippen LogP contribution < -0.4 is 10.1 Å². The quantitative estimate of drug-likeness (QED) is 0.785. The van der Waals surface area contributed by atoms with Crippen LogP contribution in [0.4, 0.5) is 0 Å². The van der Waals surface area contributed by atoms with Crippen molar-refractivity contribution in [2.75, 3.05) is 19.7 Å². The van der Waals surface area contributed by atoms with Crippen LogP contribution in [0, 0.1) is 0 Å². The van der Waals surface area contributed by atoms with Crippen LogP contribution in [-0.2, 0) is 4.74 Å². The minimum Gasteiger partial charge on any atom is -0.466 e. The number of morpholine rings is 1. The van der Waals surface area contributed by atoms with Gasteiger partial charge in [0.05, 0.1) is 6.10 Å². The van der Waals surface area contributed by atoms with Gasteiger partial charge in [-0.1, -0.05) is 0 Å². The van der Waals surface area contributed by atoms with Crippen LogP contribution in [0.3, 0.4) is 0 Å². The second-order valence-electron chi connectivity index (χ2n) is 3.25. The van der Waals surface area contributed by atoms with E-state index in [0.29, 0.717) is 11.8 Å². The Hall–Kier alpha value is -0.720. The van der Waals surface area contributed by atoms with E-state index >= 15 is 0 Å². The molecule has 0 spiro atoms. The van der Waals surface area contributed by atoms with Gasteiger partial charge in [0.2, 0.25) is 0 Å². The van der Waals surface area contributed by atoms with Crippen molar-refractivity contribution in [3.05, 3.63) is 6.33 Å². The van der Waals surface area contributed by atoms with E-state index in [1.54, 1.807) is 0 Å². The van der Waals surface area contributed by atoms with Crippen LogP contribution in [0.25, 0.3) is 0 Å². The molecule has 1 saturated heterocycles. The van der Waals surface area contributed by atoms with Crippen LogP contribution in [0.15, 0.2) is 6.33 Å². The molecule has 1 aliphatic rings. The average molecular weight is 215 g/mol. The molecule has 0 aliphatic carbocycles. The lowest BCUT2D eigenvalue weighted by Crippen LogP contribution is -2.45. The molecule has 2 heterocycles. The first kappa shape index (κ1) is 9.82. The van der Waals surface area contributed by atoms with E-state index in [-0.39, 0.29) is 12.2 Å². The number of nitrogens with one attached hydrogen (secondary N) is 1. The van der Waals surface area contributed by atoms with E-state index in [1.807, 2.05) is 6.92 Å². The Bertz CT molecular complexity index is 268. The third kappa shape index (κ3) is 2.63. The molecule has 0 radical (unpaired) electrons. The second kappa shape index (κ2) is 4.68. The number of aromatic nitrogens is 2. The lowest BCUT2D eigenvalue weighted by molar-refractivity contribution is -0.0470. The highest BCUT2D eigenvalue weighted by Gasteiger charge is 2.19. The lowest BCUT2D eigenvalue weighted by atomic mass is 10.2. The molecule has 0 amide bonds. The fraction of sp³-hybridized carbons (Fsp3) is 0.750. The van der Waals surface area contributed by atoms with Gasteiger partial charge in [-0.05, 0) is 6.92 Å². The highest BCUT2D eigenvalue weighted by molar-refractivity contribution is 7.07. The normalized spacial score (nSPS) is 27.5. The molecule has 78 valence electrons. The van der Waals surface area contributed by atoms with E-state index in [1.165, 1.54) is 17.9 Å². The van der Waals surface area contributed by atoms with E-state index in [0.717, 1.165) is 13.1 Å². The highest BCUT2D eigenvalue weighted by Crippen LogP contribution is 2.11. The van der Waals surface area contributed by atoms with E-state index < -0.39 is 0 Å². The minimum atomic E-state index is 0.114. The summed E-state index contributed by atoms with van der Waals surface area (Å²) in [7, 11) is 0. The molecule has 0 bridgehead atoms. The zero-order chi connectivity index (χ0) is 9.80. The molecule has 14 heavy (non-hydrogen) atoms. The summed E-state index contributed by atoms with van der Waals surface area (Å²) in [6, 6.07) is 0. The van der Waals surface area contributed by atoms with Gasteiger partial charge in [-0.15, -0.1) is 0 Å². The largest absolute Gasteiger partial charge is 0.466 e. The topological polar surface area (TPSA) is 56.3 Å². The molecular formula is C8H13N3O2S. The van der Waals surface area contributed by atoms with Crippen LogP contribution in [0.2, 0.25) is 0 Å². The average Bonchev–Trinajstić information content (AvgIpc) is 2.67. The van der Waals surface area contributed by atoms with Crippen molar-refractivity contribution in [3.8, 4) is 5.19 Å². The van der Waals surface area contributed by atoms with Gasteiger partial charge < -0.3 is 14.8 Å². The Morgan fingerprint density at radius 3 is 3.36 bits per heavy atom. The fourth-order valence-electron chi connectivity index (χ4n) is 1.36. The Kier molecular flexibility index (Phi) is 3.28. The first-order chi connectivity index (χ1) is 6.84. The van der Waals surface area contributed by atoms with Gasteiger partial charge in [-0.25, -0.2) is 0 Å². The molecule has 1 aliphatic heterocycles. The highest BCUT2D eigenvalue weighted by atomic mass is 32.1. The van der Waals surface area contributed by atoms with Crippen molar-refractivity contribution in [3.63, 3.8) is 0 Å². The molecule has 1 fully saturated rings. The summed E-state index contributed by atoms with van der Waals surface area (Å²) in [4.78, 5) is 3.93. The van der Waals surface area contributed by atoms with E-state index in [9.17, 15) is 0 Å². The van der Waals surface area contributed by atoms with Crippen molar-refractivity contribution in [2.45, 2.75) is 19.1 Å². The Morgan fingerprint density at radius 1 is 1.71 bits per heavy atom. The molecule has 2 rings (SSSR count). The molecule has 1 N–H and O–H groups in total. The Morgan fingerprint density at radius 2 is 2.64 bits per heavy atom. The Labute approximate surface area is 86.6 Å². The number of ether oxygens (including phenoxy) is 2. The van der Waals surface area contributed by atoms with Crippen LogP contribution in [0.1, 0.15) is 6.92 Å². The number of rotatable bonds is 3. The molecular weight excluding hydrogens is 202 g/mol. The zero-order valence-corrected chi connectivity index (χ0v) is 8.79. The van der Waals surface area contributed by atoms with Gasteiger partial charge in [-0.3, -0.25) is 0 Å². The monoisotopic (exact) mass is 215 g/mol. The number of nitrogens with zero attached hydrogens (tertiary/aromatic N) is 2. The Balaban J connectivity index is 1.75. The molecule has 1 aromatic rings. The first-order valence-corrected chi connectivity index (χ1v) is 5.37. The third-order valence-electron chi connectivity index (χ3n) is 1.96. The summed E-state index contributed by atoms with van der Waals surface area (Å²) in [6.45, 7) is 4.33. The van der Waals surface area contributed by atoms with Gasteiger partial charge in [0, 0.05) is 24.6 Å². The number of hydrogen-bond acceptors (Lipinski definition) is 6. The predicted molar refractivity (Wildman–Crippen MR) is 52.6 cm³/mol. The smallest absolute Gasteiger partial charge is 0.293 e. The van der Waals surface area contributed by atoms with Crippen molar-refractivity contribution in [2.24, 2.45) is 0 Å². The molecule has 2 atom stereocenters. The predicted octanol–water partition coefficient (Wildman–Crippen LogP) is 0.294. The van der Waals surface area contributed by atoms with Gasteiger partial charge in [0.1, 0.15) is 19.0 Å². The molecule has 5 nitrogen and oxygen atoms in total. The second-order valence-corrected chi connectivity index (χ2v) is 3.99. The van der Waals surface area contributed by atoms with Crippen molar-refractivity contribution >= 4 is 11.5 Å². The fourth-order valence-corrected chi connectivity index (χ4v) is 1.76. The van der Waals surface area contributed by atoms with Gasteiger partial charge in [0.25, 0.3) is 5.19 Å². The standard InChI is InChI=1S/C8H13N3O2S/c1-6-2-9-3-7(13-6)4-12-8-10-5-11-14-8/h5-7,9H,2-4H2,1H3. The first-order valence-electron chi connectivity index (χ1n) is 4.60. The summed E-state index contributed by atoms with van der Waals surface area (Å²) in [5, 5.41) is 3.88. The summed E-state index contributed by atoms with van der Waals surface area (Å²) in [5.41, 5.74) is 0. The molecule has 2 unspecified atom stereocenters. The van der Waals surface area contributed by atoms with Crippen molar-refractivity contribution in [1.82, 2.24) is 14.7 Å². The third-order valence-corrected chi connectivity index (χ3v) is 2.54. The summed E-state index contributed by atoms with van der Waals surface area (Å²) in [6.07, 6.45) is 1.86. The molecule has 0 aromatic carbocycles. The van der Waals surface area contributed by atoms with Gasteiger partial charge in [0.15, 0.2) is 0 Å². The van der Waals surface area contributed by atoms with Crippen LogP contribution >= 0.6 is 11.5 Å². The number of hydrogen-bond donors (Lipinski definition) is 1. The van der Waals surface area contributed by atoms with E-state index in [2.05, 4.69) is 14.7 Å². The van der Waals surface area contributed by atoms with E-state index in [4.69, 9.17) is 9.47 Å². The maximum atomic E-state index is 5.65. The molecule has 1 aromatic heterocycles. The summed E-state index contributed by atoms with van der Waals surface area (Å²) >= 11 is 1.25. The summed E-state index contributed by atoms with van der Waals surface area (Å²) < 4.78 is 14.9. The maximum absolute atomic E-state index is 5.65.